The van der Waals surface area contributed by atoms with Crippen LogP contribution >= 0.6 is 12.4 Å². The number of carbonyl (C=O) groups excluding carboxylic acids is 1. The van der Waals surface area contributed by atoms with Gasteiger partial charge in [-0.2, -0.15) is 0 Å². The van der Waals surface area contributed by atoms with Crippen LogP contribution in [0.2, 0.25) is 0 Å². The van der Waals surface area contributed by atoms with Gasteiger partial charge in [-0.25, -0.2) is 0 Å². The molecule has 4 nitrogen and oxygen atoms in total. The van der Waals surface area contributed by atoms with Gasteiger partial charge in [0.05, 0.1) is 0 Å². The van der Waals surface area contributed by atoms with Gasteiger partial charge in [0.2, 0.25) is 0 Å². The smallest absolute Gasteiger partial charge is 0.254 e. The molecule has 1 N–H and O–H groups in total. The molecule has 0 radical (unpaired) electrons. The second-order valence-electron chi connectivity index (χ2n) is 5.49. The third-order valence-electron chi connectivity index (χ3n) is 3.82. The fourth-order valence-corrected chi connectivity index (χ4v) is 2.63. The fraction of sp³-hybridized carbons (Fsp3) is 0.278. The molecule has 0 spiro atoms. The van der Waals surface area contributed by atoms with Crippen molar-refractivity contribution in [1.82, 2.24) is 10.2 Å². The van der Waals surface area contributed by atoms with Gasteiger partial charge >= 0.3 is 0 Å². The lowest BCUT2D eigenvalue weighted by Crippen LogP contribution is -2.52. The van der Waals surface area contributed by atoms with Crippen LogP contribution in [0.1, 0.15) is 17.3 Å². The van der Waals surface area contributed by atoms with Gasteiger partial charge in [-0.1, -0.05) is 24.3 Å². The second kappa shape index (κ2) is 7.99. The molecule has 3 rings (SSSR count). The zero-order chi connectivity index (χ0) is 15.4. The minimum atomic E-state index is 0. The van der Waals surface area contributed by atoms with E-state index in [1.807, 2.05) is 59.5 Å². The highest BCUT2D eigenvalue weighted by Crippen LogP contribution is 2.22. The normalized spacial score (nSPS) is 17.3. The van der Waals surface area contributed by atoms with Gasteiger partial charge in [-0.05, 0) is 37.3 Å². The topological polar surface area (TPSA) is 41.6 Å². The summed E-state index contributed by atoms with van der Waals surface area (Å²) in [6.45, 7) is 4.49. The zero-order valence-corrected chi connectivity index (χ0v) is 13.9. The highest BCUT2D eigenvalue weighted by Gasteiger charge is 2.24. The highest BCUT2D eigenvalue weighted by molar-refractivity contribution is 5.95. The van der Waals surface area contributed by atoms with Gasteiger partial charge in [0.25, 0.3) is 5.91 Å². The Bertz CT molecular complexity index is 648. The summed E-state index contributed by atoms with van der Waals surface area (Å²) in [5.74, 6) is 1.51. The van der Waals surface area contributed by atoms with Crippen LogP contribution in [-0.4, -0.2) is 36.5 Å². The molecular weight excluding hydrogens is 312 g/mol. The molecule has 0 unspecified atom stereocenters. The average Bonchev–Trinajstić information content (AvgIpc) is 2.56. The van der Waals surface area contributed by atoms with Crippen molar-refractivity contribution in [2.75, 3.05) is 19.6 Å². The van der Waals surface area contributed by atoms with Gasteiger partial charge in [-0.15, -0.1) is 12.4 Å². The van der Waals surface area contributed by atoms with Crippen molar-refractivity contribution in [3.8, 4) is 11.5 Å². The van der Waals surface area contributed by atoms with Gasteiger partial charge in [0.15, 0.2) is 0 Å². The standard InChI is InChI=1S/C18H20N2O2.ClH/c1-14-13-19-10-11-20(14)18(21)15-6-5-9-17(12-15)22-16-7-3-2-4-8-16;/h2-9,12,14,19H,10-11,13H2,1H3;1H/t14-;/m1./s1. The molecule has 0 aliphatic carbocycles. The molecule has 1 aliphatic heterocycles. The summed E-state index contributed by atoms with van der Waals surface area (Å²) in [6, 6.07) is 17.2. The number of amides is 1. The number of carbonyl (C=O) groups is 1. The van der Waals surface area contributed by atoms with E-state index >= 15 is 0 Å². The molecule has 5 heteroatoms. The van der Waals surface area contributed by atoms with E-state index in [2.05, 4.69) is 12.2 Å². The Morgan fingerprint density at radius 3 is 2.61 bits per heavy atom. The summed E-state index contributed by atoms with van der Waals surface area (Å²) >= 11 is 0. The minimum Gasteiger partial charge on any atom is -0.457 e. The Morgan fingerprint density at radius 2 is 1.87 bits per heavy atom. The largest absolute Gasteiger partial charge is 0.457 e. The maximum Gasteiger partial charge on any atom is 0.254 e. The Labute approximate surface area is 142 Å². The van der Waals surface area contributed by atoms with Crippen molar-refractivity contribution in [2.24, 2.45) is 0 Å². The molecule has 23 heavy (non-hydrogen) atoms. The van der Waals surface area contributed by atoms with Crippen molar-refractivity contribution in [3.05, 3.63) is 60.2 Å². The van der Waals surface area contributed by atoms with Crippen LogP contribution in [-0.2, 0) is 0 Å². The molecule has 0 saturated carbocycles. The van der Waals surface area contributed by atoms with Crippen molar-refractivity contribution in [1.29, 1.82) is 0 Å². The Kier molecular flexibility index (Phi) is 6.02. The first-order valence-electron chi connectivity index (χ1n) is 7.59. The number of halogens is 1. The van der Waals surface area contributed by atoms with E-state index in [-0.39, 0.29) is 24.4 Å². The van der Waals surface area contributed by atoms with Crippen LogP contribution in [0.15, 0.2) is 54.6 Å². The van der Waals surface area contributed by atoms with Crippen LogP contribution in [0, 0.1) is 0 Å². The summed E-state index contributed by atoms with van der Waals surface area (Å²) in [4.78, 5) is 14.6. The number of hydrogen-bond donors (Lipinski definition) is 1. The first kappa shape index (κ1) is 17.3. The monoisotopic (exact) mass is 332 g/mol. The fourth-order valence-electron chi connectivity index (χ4n) is 2.63. The van der Waals surface area contributed by atoms with E-state index in [1.165, 1.54) is 0 Å². The van der Waals surface area contributed by atoms with E-state index in [9.17, 15) is 4.79 Å². The summed E-state index contributed by atoms with van der Waals surface area (Å²) in [5.41, 5.74) is 0.669. The zero-order valence-electron chi connectivity index (χ0n) is 13.1. The number of nitrogens with one attached hydrogen (secondary N) is 1. The predicted octanol–water partition coefficient (Wildman–Crippen LogP) is 3.33. The number of benzene rings is 2. The second-order valence-corrected chi connectivity index (χ2v) is 5.49. The maximum absolute atomic E-state index is 12.7. The van der Waals surface area contributed by atoms with Crippen LogP contribution in [0.4, 0.5) is 0 Å². The van der Waals surface area contributed by atoms with Crippen LogP contribution in [0.25, 0.3) is 0 Å². The van der Waals surface area contributed by atoms with E-state index in [0.29, 0.717) is 11.3 Å². The maximum atomic E-state index is 12.7. The average molecular weight is 333 g/mol. The molecule has 1 atom stereocenters. The van der Waals surface area contributed by atoms with Crippen LogP contribution in [0.3, 0.4) is 0 Å². The Balaban J connectivity index is 0.00000192. The Morgan fingerprint density at radius 1 is 1.13 bits per heavy atom. The number of hydrogen-bond acceptors (Lipinski definition) is 3. The van der Waals surface area contributed by atoms with E-state index in [0.717, 1.165) is 25.4 Å². The molecule has 122 valence electrons. The lowest BCUT2D eigenvalue weighted by atomic mass is 10.1. The third-order valence-corrected chi connectivity index (χ3v) is 3.82. The van der Waals surface area contributed by atoms with E-state index < -0.39 is 0 Å². The third kappa shape index (κ3) is 4.24. The highest BCUT2D eigenvalue weighted by atomic mass is 35.5. The first-order chi connectivity index (χ1) is 10.7. The molecule has 1 heterocycles. The molecular formula is C18H21ClN2O2. The SMILES string of the molecule is C[C@@H]1CNCCN1C(=O)c1cccc(Oc2ccccc2)c1.Cl. The number of rotatable bonds is 3. The van der Waals surface area contributed by atoms with Gasteiger partial charge in [-0.3, -0.25) is 4.79 Å². The summed E-state index contributed by atoms with van der Waals surface area (Å²) < 4.78 is 5.80. The number of piperazine rings is 1. The summed E-state index contributed by atoms with van der Waals surface area (Å²) in [5, 5.41) is 3.30. The van der Waals surface area contributed by atoms with Gasteiger partial charge in [0, 0.05) is 31.2 Å². The van der Waals surface area contributed by atoms with E-state index in [4.69, 9.17) is 4.74 Å². The van der Waals surface area contributed by atoms with Crippen LogP contribution in [0.5, 0.6) is 11.5 Å². The summed E-state index contributed by atoms with van der Waals surface area (Å²) in [6.07, 6.45) is 0. The van der Waals surface area contributed by atoms with E-state index in [1.54, 1.807) is 0 Å². The van der Waals surface area contributed by atoms with Crippen molar-refractivity contribution < 1.29 is 9.53 Å². The van der Waals surface area contributed by atoms with Crippen molar-refractivity contribution >= 4 is 18.3 Å². The number of nitrogens with zero attached hydrogens (tertiary/aromatic N) is 1. The number of ether oxygens (including phenoxy) is 1. The summed E-state index contributed by atoms with van der Waals surface area (Å²) in [7, 11) is 0. The molecule has 1 amide bonds. The van der Waals surface area contributed by atoms with Gasteiger partial charge in [0.1, 0.15) is 11.5 Å². The molecule has 1 saturated heterocycles. The van der Waals surface area contributed by atoms with Crippen molar-refractivity contribution in [2.45, 2.75) is 13.0 Å². The molecule has 1 aliphatic rings. The molecule has 0 bridgehead atoms. The minimum absolute atomic E-state index is 0. The lowest BCUT2D eigenvalue weighted by Gasteiger charge is -2.34. The molecule has 1 fully saturated rings. The lowest BCUT2D eigenvalue weighted by molar-refractivity contribution is 0.0655. The molecule has 0 aromatic heterocycles. The van der Waals surface area contributed by atoms with Crippen molar-refractivity contribution in [3.63, 3.8) is 0 Å². The first-order valence-corrected chi connectivity index (χ1v) is 7.59. The predicted molar refractivity (Wildman–Crippen MR) is 93.6 cm³/mol. The molecule has 2 aromatic carbocycles. The molecule has 2 aromatic rings. The quantitative estimate of drug-likeness (QED) is 0.937. The van der Waals surface area contributed by atoms with Gasteiger partial charge < -0.3 is 15.0 Å². The Hall–Kier alpha value is -2.04. The number of para-hydroxylation sites is 1. The van der Waals surface area contributed by atoms with Crippen LogP contribution < -0.4 is 10.1 Å².